The maximum atomic E-state index is 13.1. The Morgan fingerprint density at radius 3 is 2.42 bits per heavy atom. The highest BCUT2D eigenvalue weighted by atomic mass is 35.5. The predicted octanol–water partition coefficient (Wildman–Crippen LogP) is 3.50. The van der Waals surface area contributed by atoms with Gasteiger partial charge in [-0.2, -0.15) is 0 Å². The standard InChI is InChI=1S/C26H35ClN4O6S/c1-18(2)14-15-28-19(3)31-16-6-8-23(26(31)35)29-25(34)22(7-4-5-9-24(32)33)30-38(36,37)17-20-10-12-21(27)13-11-20/h5-6,8-13,16,18-19,22,28,30H,4,7,14-15,17H2,1-3H3,(H,29,34)(H,32,33). The van der Waals surface area contributed by atoms with Crippen molar-refractivity contribution in [1.29, 1.82) is 0 Å². The molecule has 12 heteroatoms. The van der Waals surface area contributed by atoms with Crippen molar-refractivity contribution < 1.29 is 23.1 Å². The molecule has 0 saturated carbocycles. The van der Waals surface area contributed by atoms with Crippen molar-refractivity contribution in [3.63, 3.8) is 0 Å². The molecule has 2 unspecified atom stereocenters. The van der Waals surface area contributed by atoms with Gasteiger partial charge in [0.1, 0.15) is 11.7 Å². The summed E-state index contributed by atoms with van der Waals surface area (Å²) in [6.07, 6.45) is 4.55. The molecule has 0 radical (unpaired) electrons. The second kappa shape index (κ2) is 14.8. The van der Waals surface area contributed by atoms with Gasteiger partial charge >= 0.3 is 5.97 Å². The van der Waals surface area contributed by atoms with Crippen molar-refractivity contribution in [2.75, 3.05) is 11.9 Å². The second-order valence-corrected chi connectivity index (χ2v) is 11.5. The average molecular weight is 567 g/mol. The van der Waals surface area contributed by atoms with E-state index in [9.17, 15) is 22.8 Å². The maximum absolute atomic E-state index is 13.1. The van der Waals surface area contributed by atoms with E-state index >= 15 is 0 Å². The third-order valence-electron chi connectivity index (χ3n) is 5.60. The van der Waals surface area contributed by atoms with Crippen LogP contribution in [0.3, 0.4) is 0 Å². The number of aromatic nitrogens is 1. The third kappa shape index (κ3) is 10.8. The number of carboxylic acids is 1. The number of amides is 1. The van der Waals surface area contributed by atoms with Crippen LogP contribution in [0.25, 0.3) is 0 Å². The normalized spacial score (nSPS) is 13.5. The number of anilines is 1. The van der Waals surface area contributed by atoms with Crippen LogP contribution in [0, 0.1) is 5.92 Å². The van der Waals surface area contributed by atoms with Crippen LogP contribution in [-0.2, 0) is 25.4 Å². The lowest BCUT2D eigenvalue weighted by molar-refractivity contribution is -0.131. The van der Waals surface area contributed by atoms with Crippen molar-refractivity contribution >= 4 is 39.2 Å². The lowest BCUT2D eigenvalue weighted by Gasteiger charge is -2.20. The Morgan fingerprint density at radius 2 is 1.79 bits per heavy atom. The lowest BCUT2D eigenvalue weighted by Crippen LogP contribution is -2.45. The minimum absolute atomic E-state index is 0.00186. The number of allylic oxidation sites excluding steroid dienone is 1. The van der Waals surface area contributed by atoms with E-state index in [1.807, 2.05) is 6.92 Å². The summed E-state index contributed by atoms with van der Waals surface area (Å²) in [5, 5.41) is 15.1. The molecule has 2 rings (SSSR count). The Kier molecular flexibility index (Phi) is 12.2. The molecular formula is C26H35ClN4O6S. The molecular weight excluding hydrogens is 532 g/mol. The molecule has 2 atom stereocenters. The number of carbonyl (C=O) groups excluding carboxylic acids is 1. The van der Waals surface area contributed by atoms with Crippen LogP contribution < -0.4 is 20.9 Å². The van der Waals surface area contributed by atoms with Gasteiger partial charge in [-0.25, -0.2) is 17.9 Å². The zero-order valence-corrected chi connectivity index (χ0v) is 23.3. The van der Waals surface area contributed by atoms with Gasteiger partial charge in [-0.05, 0) is 68.5 Å². The average Bonchev–Trinajstić information content (AvgIpc) is 2.83. The smallest absolute Gasteiger partial charge is 0.327 e. The molecule has 0 saturated heterocycles. The van der Waals surface area contributed by atoms with Crippen molar-refractivity contribution in [2.45, 2.75) is 58.0 Å². The minimum atomic E-state index is -3.97. The van der Waals surface area contributed by atoms with E-state index < -0.39 is 39.3 Å². The SMILES string of the molecule is CC(C)CCNC(C)n1cccc(NC(=O)C(CCC=CC(=O)O)NS(=O)(=O)Cc2ccc(Cl)cc2)c1=O. The summed E-state index contributed by atoms with van der Waals surface area (Å²) >= 11 is 5.86. The Morgan fingerprint density at radius 1 is 1.11 bits per heavy atom. The van der Waals surface area contributed by atoms with Gasteiger partial charge in [-0.15, -0.1) is 0 Å². The first kappa shape index (κ1) is 31.2. The fraction of sp³-hybridized carbons (Fsp3) is 0.423. The van der Waals surface area contributed by atoms with Crippen molar-refractivity contribution in [1.82, 2.24) is 14.6 Å². The highest BCUT2D eigenvalue weighted by Crippen LogP contribution is 2.13. The quantitative estimate of drug-likeness (QED) is 0.241. The van der Waals surface area contributed by atoms with Crippen LogP contribution in [-0.4, -0.2) is 42.6 Å². The Hall–Kier alpha value is -2.99. The van der Waals surface area contributed by atoms with E-state index in [0.29, 0.717) is 23.0 Å². The summed E-state index contributed by atoms with van der Waals surface area (Å²) < 4.78 is 29.5. The Bertz CT molecular complexity index is 1280. The van der Waals surface area contributed by atoms with Gasteiger partial charge in [0, 0.05) is 17.3 Å². The number of hydrogen-bond acceptors (Lipinski definition) is 6. The third-order valence-corrected chi connectivity index (χ3v) is 7.21. The molecule has 4 N–H and O–H groups in total. The fourth-order valence-electron chi connectivity index (χ4n) is 3.56. The molecule has 2 aromatic rings. The first-order chi connectivity index (χ1) is 17.9. The lowest BCUT2D eigenvalue weighted by atomic mass is 10.1. The van der Waals surface area contributed by atoms with E-state index in [0.717, 1.165) is 12.5 Å². The molecule has 208 valence electrons. The molecule has 0 aliphatic rings. The molecule has 1 aromatic carbocycles. The number of benzene rings is 1. The van der Waals surface area contributed by atoms with Crippen molar-refractivity contribution in [3.8, 4) is 0 Å². The van der Waals surface area contributed by atoms with Gasteiger partial charge in [-0.1, -0.05) is 43.7 Å². The molecule has 0 aliphatic heterocycles. The van der Waals surface area contributed by atoms with Gasteiger partial charge in [0.2, 0.25) is 15.9 Å². The minimum Gasteiger partial charge on any atom is -0.478 e. The summed E-state index contributed by atoms with van der Waals surface area (Å²) in [4.78, 5) is 36.9. The Labute approximate surface area is 228 Å². The number of carboxylic acid groups (broad SMARTS) is 1. The number of rotatable bonds is 15. The van der Waals surface area contributed by atoms with Gasteiger partial charge in [0.05, 0.1) is 11.9 Å². The van der Waals surface area contributed by atoms with Gasteiger partial charge in [-0.3, -0.25) is 19.5 Å². The Balaban J connectivity index is 2.20. The molecule has 10 nitrogen and oxygen atoms in total. The topological polar surface area (TPSA) is 147 Å². The molecule has 38 heavy (non-hydrogen) atoms. The van der Waals surface area contributed by atoms with E-state index in [4.69, 9.17) is 16.7 Å². The number of pyridine rings is 1. The second-order valence-electron chi connectivity index (χ2n) is 9.31. The molecule has 1 heterocycles. The number of halogens is 1. The van der Waals surface area contributed by atoms with Crippen LogP contribution >= 0.6 is 11.6 Å². The van der Waals surface area contributed by atoms with Crippen molar-refractivity contribution in [3.05, 3.63) is 75.7 Å². The molecule has 0 aliphatic carbocycles. The van der Waals surface area contributed by atoms with Crippen molar-refractivity contribution in [2.24, 2.45) is 5.92 Å². The molecule has 0 spiro atoms. The first-order valence-corrected chi connectivity index (χ1v) is 14.3. The zero-order chi connectivity index (χ0) is 28.3. The highest BCUT2D eigenvalue weighted by molar-refractivity contribution is 7.88. The summed E-state index contributed by atoms with van der Waals surface area (Å²) in [5.41, 5.74) is 0.0219. The molecule has 1 amide bonds. The van der Waals surface area contributed by atoms with Crippen LogP contribution in [0.5, 0.6) is 0 Å². The number of hydrogen-bond donors (Lipinski definition) is 4. The summed E-state index contributed by atoms with van der Waals surface area (Å²) in [6.45, 7) is 6.75. The van der Waals surface area contributed by atoms with Crippen LogP contribution in [0.15, 0.2) is 59.5 Å². The highest BCUT2D eigenvalue weighted by Gasteiger charge is 2.25. The zero-order valence-electron chi connectivity index (χ0n) is 21.7. The van der Waals surface area contributed by atoms with E-state index in [1.54, 1.807) is 36.5 Å². The van der Waals surface area contributed by atoms with Crippen LogP contribution in [0.1, 0.15) is 51.8 Å². The number of carbonyl (C=O) groups is 2. The summed E-state index contributed by atoms with van der Waals surface area (Å²) in [6, 6.07) is 8.07. The number of nitrogens with one attached hydrogen (secondary N) is 3. The monoisotopic (exact) mass is 566 g/mol. The van der Waals surface area contributed by atoms with Crippen LogP contribution in [0.4, 0.5) is 5.69 Å². The fourth-order valence-corrected chi connectivity index (χ4v) is 5.06. The van der Waals surface area contributed by atoms with E-state index in [2.05, 4.69) is 29.2 Å². The van der Waals surface area contributed by atoms with Gasteiger partial charge in [0.25, 0.3) is 5.56 Å². The number of sulfonamides is 1. The molecule has 1 aromatic heterocycles. The number of nitrogens with zero attached hydrogens (tertiary/aromatic N) is 1. The van der Waals surface area contributed by atoms with E-state index in [1.165, 1.54) is 16.7 Å². The molecule has 0 bridgehead atoms. The van der Waals surface area contributed by atoms with Crippen LogP contribution in [0.2, 0.25) is 5.02 Å². The molecule has 0 fully saturated rings. The maximum Gasteiger partial charge on any atom is 0.327 e. The number of aliphatic carboxylic acids is 1. The largest absolute Gasteiger partial charge is 0.478 e. The summed E-state index contributed by atoms with van der Waals surface area (Å²) in [7, 11) is -3.97. The first-order valence-electron chi connectivity index (χ1n) is 12.3. The summed E-state index contributed by atoms with van der Waals surface area (Å²) in [5.74, 6) is -1.78. The van der Waals surface area contributed by atoms with E-state index in [-0.39, 0.29) is 24.7 Å². The van der Waals surface area contributed by atoms with Gasteiger partial charge in [0.15, 0.2) is 0 Å². The predicted molar refractivity (Wildman–Crippen MR) is 149 cm³/mol. The van der Waals surface area contributed by atoms with Gasteiger partial charge < -0.3 is 10.4 Å².